The van der Waals surface area contributed by atoms with Crippen molar-refractivity contribution in [3.8, 4) is 17.6 Å². The van der Waals surface area contributed by atoms with Gasteiger partial charge < -0.3 is 9.64 Å². The van der Waals surface area contributed by atoms with Crippen LogP contribution in [0.1, 0.15) is 16.7 Å². The van der Waals surface area contributed by atoms with E-state index in [0.29, 0.717) is 12.1 Å². The fourth-order valence-electron chi connectivity index (χ4n) is 3.24. The lowest BCUT2D eigenvalue weighted by atomic mass is 10.1. The molecule has 28 heavy (non-hydrogen) atoms. The van der Waals surface area contributed by atoms with Crippen molar-refractivity contribution >= 4 is 17.2 Å². The van der Waals surface area contributed by atoms with Crippen LogP contribution in [0.4, 0.5) is 5.69 Å². The number of para-hydroxylation sites is 1. The number of nitrogens with zero attached hydrogens (tertiary/aromatic N) is 1. The number of fused-ring (bicyclic) bond motifs is 1. The van der Waals surface area contributed by atoms with Crippen LogP contribution >= 0.6 is 0 Å². The second-order valence-electron chi connectivity index (χ2n) is 6.45. The summed E-state index contributed by atoms with van der Waals surface area (Å²) >= 11 is 0. The molecule has 0 atom stereocenters. The van der Waals surface area contributed by atoms with Crippen molar-refractivity contribution in [1.29, 1.82) is 0 Å². The van der Waals surface area contributed by atoms with Crippen molar-refractivity contribution in [3.05, 3.63) is 102 Å². The fourth-order valence-corrected chi connectivity index (χ4v) is 3.24. The molecular weight excluding hydrogens is 346 g/mol. The monoisotopic (exact) mass is 365 g/mol. The molecular formula is C25H19NO2. The van der Waals surface area contributed by atoms with Crippen molar-refractivity contribution in [3.63, 3.8) is 0 Å². The molecule has 0 aromatic heterocycles. The summed E-state index contributed by atoms with van der Waals surface area (Å²) < 4.78 is 5.16. The van der Waals surface area contributed by atoms with Crippen molar-refractivity contribution in [2.24, 2.45) is 0 Å². The summed E-state index contributed by atoms with van der Waals surface area (Å²) in [5.41, 5.74) is 4.45. The van der Waals surface area contributed by atoms with Crippen LogP contribution in [0.5, 0.6) is 5.75 Å². The summed E-state index contributed by atoms with van der Waals surface area (Å²) in [6, 6.07) is 25.4. The van der Waals surface area contributed by atoms with E-state index in [0.717, 1.165) is 28.1 Å². The van der Waals surface area contributed by atoms with Gasteiger partial charge in [-0.25, -0.2) is 0 Å². The van der Waals surface area contributed by atoms with E-state index in [-0.39, 0.29) is 5.91 Å². The lowest BCUT2D eigenvalue weighted by Crippen LogP contribution is -2.25. The lowest BCUT2D eigenvalue weighted by molar-refractivity contribution is -0.113. The molecule has 1 heterocycles. The van der Waals surface area contributed by atoms with Crippen molar-refractivity contribution in [1.82, 2.24) is 0 Å². The Kier molecular flexibility index (Phi) is 4.95. The molecule has 1 aliphatic heterocycles. The van der Waals surface area contributed by atoms with Crippen LogP contribution < -0.4 is 9.64 Å². The minimum atomic E-state index is -0.0194. The van der Waals surface area contributed by atoms with Gasteiger partial charge in [0.15, 0.2) is 0 Å². The topological polar surface area (TPSA) is 29.5 Å². The van der Waals surface area contributed by atoms with Crippen LogP contribution in [0.2, 0.25) is 0 Å². The second kappa shape index (κ2) is 7.85. The zero-order valence-corrected chi connectivity index (χ0v) is 15.6. The molecule has 0 bridgehead atoms. The predicted octanol–water partition coefficient (Wildman–Crippen LogP) is 4.68. The number of amides is 1. The van der Waals surface area contributed by atoms with Crippen LogP contribution in [-0.2, 0) is 11.3 Å². The number of methoxy groups -OCH3 is 1. The molecule has 0 radical (unpaired) electrons. The first kappa shape index (κ1) is 17.6. The Morgan fingerprint density at radius 1 is 0.929 bits per heavy atom. The van der Waals surface area contributed by atoms with Gasteiger partial charge >= 0.3 is 0 Å². The van der Waals surface area contributed by atoms with E-state index in [1.807, 2.05) is 83.8 Å². The van der Waals surface area contributed by atoms with Gasteiger partial charge in [-0.1, -0.05) is 60.4 Å². The summed E-state index contributed by atoms with van der Waals surface area (Å²) in [5, 5.41) is 0. The molecule has 1 amide bonds. The van der Waals surface area contributed by atoms with Crippen molar-refractivity contribution in [2.45, 2.75) is 6.54 Å². The number of benzene rings is 3. The van der Waals surface area contributed by atoms with Gasteiger partial charge in [0.2, 0.25) is 0 Å². The third-order valence-electron chi connectivity index (χ3n) is 4.67. The van der Waals surface area contributed by atoms with Gasteiger partial charge in [0.1, 0.15) is 5.75 Å². The molecule has 0 aliphatic carbocycles. The molecule has 0 spiro atoms. The van der Waals surface area contributed by atoms with Crippen LogP contribution in [0, 0.1) is 11.8 Å². The van der Waals surface area contributed by atoms with E-state index in [2.05, 4.69) is 11.8 Å². The van der Waals surface area contributed by atoms with Crippen molar-refractivity contribution in [2.75, 3.05) is 12.0 Å². The maximum atomic E-state index is 13.1. The molecule has 0 N–H and O–H groups in total. The quantitative estimate of drug-likeness (QED) is 0.498. The third-order valence-corrected chi connectivity index (χ3v) is 4.67. The van der Waals surface area contributed by atoms with Gasteiger partial charge in [-0.05, 0) is 35.9 Å². The summed E-state index contributed by atoms with van der Waals surface area (Å²) in [5.74, 6) is 6.90. The number of ether oxygens (including phenoxy) is 1. The summed E-state index contributed by atoms with van der Waals surface area (Å²) in [6.07, 6.45) is 1.72. The minimum Gasteiger partial charge on any atom is -0.497 e. The smallest absolute Gasteiger partial charge is 0.259 e. The van der Waals surface area contributed by atoms with E-state index < -0.39 is 0 Å². The molecule has 3 aromatic carbocycles. The van der Waals surface area contributed by atoms with E-state index in [4.69, 9.17) is 4.74 Å². The molecule has 4 rings (SSSR count). The third kappa shape index (κ3) is 3.54. The highest BCUT2D eigenvalue weighted by Gasteiger charge is 2.31. The Morgan fingerprint density at radius 3 is 2.39 bits per heavy atom. The molecule has 0 unspecified atom stereocenters. The second-order valence-corrected chi connectivity index (χ2v) is 6.45. The van der Waals surface area contributed by atoms with Gasteiger partial charge in [0, 0.05) is 17.2 Å². The predicted molar refractivity (Wildman–Crippen MR) is 112 cm³/mol. The largest absolute Gasteiger partial charge is 0.497 e. The first-order valence-electron chi connectivity index (χ1n) is 9.07. The Labute approximate surface area is 164 Å². The normalized spacial score (nSPS) is 13.8. The summed E-state index contributed by atoms with van der Waals surface area (Å²) in [7, 11) is 1.63. The van der Waals surface area contributed by atoms with Gasteiger partial charge in [-0.2, -0.15) is 0 Å². The average molecular weight is 365 g/mol. The first-order chi connectivity index (χ1) is 13.8. The van der Waals surface area contributed by atoms with E-state index in [9.17, 15) is 4.79 Å². The maximum absolute atomic E-state index is 13.1. The molecule has 3 heteroatoms. The molecule has 0 fully saturated rings. The van der Waals surface area contributed by atoms with E-state index >= 15 is 0 Å². The van der Waals surface area contributed by atoms with Crippen LogP contribution in [-0.4, -0.2) is 13.0 Å². The number of hydrogen-bond acceptors (Lipinski definition) is 2. The Bertz CT molecular complexity index is 1090. The van der Waals surface area contributed by atoms with Gasteiger partial charge in [0.25, 0.3) is 5.91 Å². The molecule has 1 aliphatic rings. The maximum Gasteiger partial charge on any atom is 0.259 e. The SMILES string of the molecule is COc1ccc(C#C/C=C2/C(=O)N(Cc3ccccc3)c3ccccc32)cc1. The number of carbonyl (C=O) groups excluding carboxylic acids is 1. The Balaban J connectivity index is 1.63. The lowest BCUT2D eigenvalue weighted by Gasteiger charge is -2.17. The molecule has 0 saturated carbocycles. The summed E-state index contributed by atoms with van der Waals surface area (Å²) in [4.78, 5) is 14.9. The number of hydrogen-bond donors (Lipinski definition) is 0. The molecule has 0 saturated heterocycles. The minimum absolute atomic E-state index is 0.0194. The molecule has 3 nitrogen and oxygen atoms in total. The van der Waals surface area contributed by atoms with Crippen LogP contribution in [0.25, 0.3) is 5.57 Å². The van der Waals surface area contributed by atoms with Gasteiger partial charge in [-0.15, -0.1) is 0 Å². The number of anilines is 1. The van der Waals surface area contributed by atoms with E-state index in [1.165, 1.54) is 0 Å². The van der Waals surface area contributed by atoms with Crippen LogP contribution in [0.15, 0.2) is 84.9 Å². The number of allylic oxidation sites excluding steroid dienone is 1. The highest BCUT2D eigenvalue weighted by Crippen LogP contribution is 2.37. The fraction of sp³-hybridized carbons (Fsp3) is 0.0800. The Hall–Kier alpha value is -3.77. The zero-order valence-electron chi connectivity index (χ0n) is 15.6. The zero-order chi connectivity index (χ0) is 19.3. The molecule has 3 aromatic rings. The van der Waals surface area contributed by atoms with Crippen LogP contribution in [0.3, 0.4) is 0 Å². The summed E-state index contributed by atoms with van der Waals surface area (Å²) in [6.45, 7) is 0.542. The van der Waals surface area contributed by atoms with E-state index in [1.54, 1.807) is 13.2 Å². The average Bonchev–Trinajstić information content (AvgIpc) is 3.01. The number of rotatable bonds is 3. The van der Waals surface area contributed by atoms with Crippen molar-refractivity contribution < 1.29 is 9.53 Å². The first-order valence-corrected chi connectivity index (χ1v) is 9.07. The highest BCUT2D eigenvalue weighted by molar-refractivity contribution is 6.32. The standard InChI is InChI=1S/C25H19NO2/c1-28-21-16-14-19(15-17-21)10-7-12-23-22-11-5-6-13-24(22)26(25(23)27)18-20-8-3-2-4-9-20/h2-6,8-9,11-17H,18H2,1H3/b23-12+. The van der Waals surface area contributed by atoms with Gasteiger partial charge in [0.05, 0.1) is 24.9 Å². The molecule has 136 valence electrons. The number of carbonyl (C=O) groups is 1. The Morgan fingerprint density at radius 2 is 1.64 bits per heavy atom. The highest BCUT2D eigenvalue weighted by atomic mass is 16.5. The van der Waals surface area contributed by atoms with Gasteiger partial charge in [-0.3, -0.25) is 4.79 Å².